The summed E-state index contributed by atoms with van der Waals surface area (Å²) in [6.45, 7) is 6.95. The highest BCUT2D eigenvalue weighted by atomic mass is 19.2. The zero-order valence-electron chi connectivity index (χ0n) is 19.3. The van der Waals surface area contributed by atoms with Gasteiger partial charge in [-0.25, -0.2) is 8.78 Å². The Morgan fingerprint density at radius 1 is 1.15 bits per heavy atom. The van der Waals surface area contributed by atoms with Crippen LogP contribution in [0.15, 0.2) is 18.2 Å². The third kappa shape index (κ3) is 6.68. The molecule has 2 fully saturated rings. The second-order valence-corrected chi connectivity index (χ2v) is 8.75. The average molecular weight is 474 g/mol. The van der Waals surface area contributed by atoms with E-state index >= 15 is 0 Å². The molecule has 2 heterocycles. The first kappa shape index (κ1) is 25.9. The fourth-order valence-corrected chi connectivity index (χ4v) is 3.94. The maximum absolute atomic E-state index is 13.3. The van der Waals surface area contributed by atoms with Crippen molar-refractivity contribution in [1.29, 1.82) is 0 Å². The highest BCUT2D eigenvalue weighted by molar-refractivity contribution is 5.78. The molecule has 186 valence electrons. The van der Waals surface area contributed by atoms with Gasteiger partial charge in [-0.3, -0.25) is 4.79 Å². The number of aliphatic hydroxyl groups excluding tert-OH is 1. The SMILES string of the molecule is CCCCOCCOC[C@@]12O[C@@H](CNC(=O)Cc3ccc(F)c(F)c3)[C@@H](O)[C@@H]1OC(C)(C)O2. The number of rotatable bonds is 12. The molecule has 1 amide bonds. The summed E-state index contributed by atoms with van der Waals surface area (Å²) >= 11 is 0. The molecule has 10 heteroatoms. The first-order chi connectivity index (χ1) is 15.7. The van der Waals surface area contributed by atoms with Crippen molar-refractivity contribution < 1.29 is 42.4 Å². The van der Waals surface area contributed by atoms with E-state index in [1.54, 1.807) is 13.8 Å². The van der Waals surface area contributed by atoms with Gasteiger partial charge in [0.25, 0.3) is 0 Å². The van der Waals surface area contributed by atoms with Crippen LogP contribution < -0.4 is 5.32 Å². The Labute approximate surface area is 192 Å². The van der Waals surface area contributed by atoms with E-state index < -0.39 is 47.4 Å². The lowest BCUT2D eigenvalue weighted by Crippen LogP contribution is -2.45. The van der Waals surface area contributed by atoms with Gasteiger partial charge in [-0.1, -0.05) is 19.4 Å². The van der Waals surface area contributed by atoms with Crippen LogP contribution in [0.25, 0.3) is 0 Å². The standard InChI is InChI=1S/C23H33F2NO7/c1-4-5-8-29-9-10-30-14-23-21(32-22(2,3)33-23)20(28)18(31-23)13-26-19(27)12-15-6-7-16(24)17(25)11-15/h6-7,11,18,20-21,28H,4-5,8-10,12-14H2,1-3H3,(H,26,27)/t18-,20+,21-,23-/m0/s1. The number of hydrogen-bond acceptors (Lipinski definition) is 7. The number of benzene rings is 1. The summed E-state index contributed by atoms with van der Waals surface area (Å²) in [5.74, 6) is -4.71. The van der Waals surface area contributed by atoms with E-state index in [0.717, 1.165) is 25.0 Å². The van der Waals surface area contributed by atoms with Gasteiger partial charge in [-0.05, 0) is 38.0 Å². The molecule has 33 heavy (non-hydrogen) atoms. The summed E-state index contributed by atoms with van der Waals surface area (Å²) < 4.78 is 55.4. The monoisotopic (exact) mass is 473 g/mol. The third-order valence-electron chi connectivity index (χ3n) is 5.47. The molecule has 3 rings (SSSR count). The van der Waals surface area contributed by atoms with Crippen LogP contribution in [0.5, 0.6) is 0 Å². The Hall–Kier alpha value is -1.69. The Bertz CT molecular complexity index is 809. The zero-order chi connectivity index (χ0) is 24.1. The molecule has 0 bridgehead atoms. The first-order valence-electron chi connectivity index (χ1n) is 11.3. The summed E-state index contributed by atoms with van der Waals surface area (Å²) in [4.78, 5) is 12.3. The number of nitrogens with one attached hydrogen (secondary N) is 1. The highest BCUT2D eigenvalue weighted by Gasteiger charge is 2.64. The molecule has 0 aromatic heterocycles. The smallest absolute Gasteiger partial charge is 0.224 e. The molecular weight excluding hydrogens is 440 g/mol. The summed E-state index contributed by atoms with van der Waals surface area (Å²) in [5.41, 5.74) is 0.329. The lowest BCUT2D eigenvalue weighted by molar-refractivity contribution is -0.277. The fourth-order valence-electron chi connectivity index (χ4n) is 3.94. The number of carbonyl (C=O) groups excluding carboxylic acids is 1. The average Bonchev–Trinajstić information content (AvgIpc) is 3.16. The normalized spacial score (nSPS) is 28.1. The van der Waals surface area contributed by atoms with E-state index in [1.165, 1.54) is 6.07 Å². The molecule has 8 nitrogen and oxygen atoms in total. The molecule has 0 spiro atoms. The number of halogens is 2. The van der Waals surface area contributed by atoms with Crippen molar-refractivity contribution in [1.82, 2.24) is 5.32 Å². The fraction of sp³-hybridized carbons (Fsp3) is 0.696. The van der Waals surface area contributed by atoms with Crippen LogP contribution in [0.1, 0.15) is 39.2 Å². The van der Waals surface area contributed by atoms with Crippen LogP contribution in [-0.4, -0.2) is 73.9 Å². The van der Waals surface area contributed by atoms with Crippen LogP contribution in [0, 0.1) is 11.6 Å². The number of ether oxygens (including phenoxy) is 5. The molecule has 4 atom stereocenters. The van der Waals surface area contributed by atoms with E-state index in [0.29, 0.717) is 25.4 Å². The van der Waals surface area contributed by atoms with E-state index in [4.69, 9.17) is 23.7 Å². The maximum Gasteiger partial charge on any atom is 0.224 e. The van der Waals surface area contributed by atoms with Crippen molar-refractivity contribution in [2.45, 2.75) is 69.9 Å². The molecule has 1 aromatic carbocycles. The molecule has 0 radical (unpaired) electrons. The van der Waals surface area contributed by atoms with Crippen molar-refractivity contribution in [3.8, 4) is 0 Å². The number of hydrogen-bond donors (Lipinski definition) is 2. The molecular formula is C23H33F2NO7. The Morgan fingerprint density at radius 2 is 1.91 bits per heavy atom. The van der Waals surface area contributed by atoms with Gasteiger partial charge >= 0.3 is 0 Å². The topological polar surface area (TPSA) is 95.5 Å². The Kier molecular flexibility index (Phi) is 8.76. The van der Waals surface area contributed by atoms with Gasteiger partial charge in [0, 0.05) is 13.2 Å². The highest BCUT2D eigenvalue weighted by Crippen LogP contribution is 2.45. The summed E-state index contributed by atoms with van der Waals surface area (Å²) in [7, 11) is 0. The lowest BCUT2D eigenvalue weighted by Gasteiger charge is -2.28. The number of aliphatic hydroxyl groups is 1. The van der Waals surface area contributed by atoms with E-state index in [9.17, 15) is 18.7 Å². The molecule has 1 aromatic rings. The maximum atomic E-state index is 13.3. The molecule has 2 aliphatic rings. The van der Waals surface area contributed by atoms with Gasteiger partial charge in [0.15, 0.2) is 17.4 Å². The Morgan fingerprint density at radius 3 is 2.64 bits per heavy atom. The summed E-state index contributed by atoms with van der Waals surface area (Å²) in [5, 5.41) is 13.4. The van der Waals surface area contributed by atoms with E-state index in [2.05, 4.69) is 12.2 Å². The van der Waals surface area contributed by atoms with Crippen molar-refractivity contribution in [2.75, 3.05) is 33.0 Å². The van der Waals surface area contributed by atoms with Gasteiger partial charge in [0.2, 0.25) is 11.7 Å². The largest absolute Gasteiger partial charge is 0.387 e. The van der Waals surface area contributed by atoms with Crippen molar-refractivity contribution in [3.05, 3.63) is 35.4 Å². The molecule has 0 unspecified atom stereocenters. The van der Waals surface area contributed by atoms with Crippen molar-refractivity contribution in [2.24, 2.45) is 0 Å². The minimum absolute atomic E-state index is 0.0186. The minimum atomic E-state index is -1.32. The zero-order valence-corrected chi connectivity index (χ0v) is 19.3. The Balaban J connectivity index is 1.51. The van der Waals surface area contributed by atoms with Crippen LogP contribution in [0.4, 0.5) is 8.78 Å². The molecule has 2 N–H and O–H groups in total. The third-order valence-corrected chi connectivity index (χ3v) is 5.47. The quantitative estimate of drug-likeness (QED) is 0.449. The van der Waals surface area contributed by atoms with E-state index in [1.807, 2.05) is 0 Å². The molecule has 0 aliphatic carbocycles. The van der Waals surface area contributed by atoms with Crippen LogP contribution in [-0.2, 0) is 34.9 Å². The molecule has 2 saturated heterocycles. The van der Waals surface area contributed by atoms with E-state index in [-0.39, 0.29) is 19.6 Å². The van der Waals surface area contributed by atoms with Crippen LogP contribution in [0.3, 0.4) is 0 Å². The van der Waals surface area contributed by atoms with Gasteiger partial charge in [-0.15, -0.1) is 0 Å². The minimum Gasteiger partial charge on any atom is -0.387 e. The first-order valence-corrected chi connectivity index (χ1v) is 11.3. The van der Waals surface area contributed by atoms with Crippen LogP contribution >= 0.6 is 0 Å². The number of fused-ring (bicyclic) bond motifs is 1. The summed E-state index contributed by atoms with van der Waals surface area (Å²) in [6.07, 6.45) is -0.784. The predicted molar refractivity (Wildman–Crippen MR) is 113 cm³/mol. The second-order valence-electron chi connectivity index (χ2n) is 8.75. The number of carbonyl (C=O) groups is 1. The number of unbranched alkanes of at least 4 members (excludes halogenated alkanes) is 1. The van der Waals surface area contributed by atoms with Gasteiger partial charge < -0.3 is 34.1 Å². The van der Waals surface area contributed by atoms with Crippen LogP contribution in [0.2, 0.25) is 0 Å². The van der Waals surface area contributed by atoms with Gasteiger partial charge in [-0.2, -0.15) is 0 Å². The summed E-state index contributed by atoms with van der Waals surface area (Å²) in [6, 6.07) is 3.28. The van der Waals surface area contributed by atoms with Gasteiger partial charge in [0.1, 0.15) is 24.9 Å². The van der Waals surface area contributed by atoms with Gasteiger partial charge in [0.05, 0.1) is 19.6 Å². The molecule has 2 aliphatic heterocycles. The molecule has 0 saturated carbocycles. The van der Waals surface area contributed by atoms with Crippen molar-refractivity contribution >= 4 is 5.91 Å². The predicted octanol–water partition coefficient (Wildman–Crippen LogP) is 2.06. The lowest BCUT2D eigenvalue weighted by atomic mass is 10.1. The number of amides is 1. The van der Waals surface area contributed by atoms with Crippen molar-refractivity contribution in [3.63, 3.8) is 0 Å². The second kappa shape index (κ2) is 11.2.